The van der Waals surface area contributed by atoms with Gasteiger partial charge in [-0.3, -0.25) is 4.79 Å². The second-order valence-electron chi connectivity index (χ2n) is 9.59. The Morgan fingerprint density at radius 2 is 1.82 bits per heavy atom. The fraction of sp³-hybridized carbons (Fsp3) is 0.625. The minimum atomic E-state index is -3.75. The monoisotopic (exact) mass is 475 g/mol. The molecular weight excluding hydrogens is 442 g/mol. The zero-order valence-electron chi connectivity index (χ0n) is 19.5. The van der Waals surface area contributed by atoms with E-state index in [0.717, 1.165) is 25.7 Å². The molecular formula is C24H33N3O5S. The molecule has 1 aliphatic heterocycles. The molecule has 2 fully saturated rings. The molecule has 1 aromatic rings. The first-order valence-corrected chi connectivity index (χ1v) is 13.0. The molecule has 33 heavy (non-hydrogen) atoms. The molecule has 3 unspecified atom stereocenters. The average Bonchev–Trinajstić information content (AvgIpc) is 2.79. The second-order valence-corrected chi connectivity index (χ2v) is 11.5. The van der Waals surface area contributed by atoms with Gasteiger partial charge in [0.25, 0.3) is 5.91 Å². The van der Waals surface area contributed by atoms with E-state index in [0.29, 0.717) is 25.9 Å². The van der Waals surface area contributed by atoms with Crippen LogP contribution in [0.15, 0.2) is 29.2 Å². The van der Waals surface area contributed by atoms with Crippen LogP contribution in [0, 0.1) is 23.2 Å². The largest absolute Gasteiger partial charge is 0.449 e. The number of benzene rings is 1. The second kappa shape index (κ2) is 10.2. The summed E-state index contributed by atoms with van der Waals surface area (Å²) < 4.78 is 33.1. The van der Waals surface area contributed by atoms with E-state index in [1.807, 2.05) is 13.8 Å². The van der Waals surface area contributed by atoms with E-state index in [9.17, 15) is 23.3 Å². The Morgan fingerprint density at radius 1 is 1.18 bits per heavy atom. The lowest BCUT2D eigenvalue weighted by Crippen LogP contribution is -2.52. The maximum absolute atomic E-state index is 13.2. The number of piperidine rings is 1. The van der Waals surface area contributed by atoms with Gasteiger partial charge in [0.15, 0.2) is 6.10 Å². The molecule has 0 spiro atoms. The summed E-state index contributed by atoms with van der Waals surface area (Å²) in [6, 6.07) is 7.93. The smallest absolute Gasteiger partial charge is 0.338 e. The molecule has 0 aromatic heterocycles. The van der Waals surface area contributed by atoms with Crippen LogP contribution in [0.3, 0.4) is 0 Å². The van der Waals surface area contributed by atoms with Crippen LogP contribution in [0.4, 0.5) is 0 Å². The first kappa shape index (κ1) is 25.2. The maximum atomic E-state index is 13.2. The highest BCUT2D eigenvalue weighted by Crippen LogP contribution is 2.28. The molecule has 9 heteroatoms. The van der Waals surface area contributed by atoms with Gasteiger partial charge in [-0.2, -0.15) is 9.57 Å². The van der Waals surface area contributed by atoms with Gasteiger partial charge in [-0.25, -0.2) is 13.2 Å². The average molecular weight is 476 g/mol. The van der Waals surface area contributed by atoms with Crippen molar-refractivity contribution in [1.29, 1.82) is 5.26 Å². The standard InChI is InChI=1S/C24H33N3O5S/c1-17-12-18(2)15-27(14-17)33(30,31)21-9-7-8-20(13-21)23(29)32-19(3)22(28)26-24(16-25)10-5-4-6-11-24/h7-9,13,17-19H,4-6,10-12,14-15H2,1-3H3,(H,26,28). The maximum Gasteiger partial charge on any atom is 0.338 e. The number of nitriles is 1. The predicted octanol–water partition coefficient (Wildman–Crippen LogP) is 3.24. The van der Waals surface area contributed by atoms with Crippen LogP contribution < -0.4 is 5.32 Å². The number of hydrogen-bond donors (Lipinski definition) is 1. The third-order valence-corrected chi connectivity index (χ3v) is 8.31. The highest BCUT2D eigenvalue weighted by atomic mass is 32.2. The van der Waals surface area contributed by atoms with Crippen LogP contribution in [-0.2, 0) is 19.6 Å². The van der Waals surface area contributed by atoms with Crippen molar-refractivity contribution in [2.45, 2.75) is 75.8 Å². The first-order chi connectivity index (χ1) is 15.6. The van der Waals surface area contributed by atoms with E-state index >= 15 is 0 Å². The van der Waals surface area contributed by atoms with Gasteiger partial charge in [0.2, 0.25) is 10.0 Å². The fourth-order valence-corrected chi connectivity index (χ4v) is 6.50. The van der Waals surface area contributed by atoms with Crippen molar-refractivity contribution in [1.82, 2.24) is 9.62 Å². The SMILES string of the molecule is CC1CC(C)CN(S(=O)(=O)c2cccc(C(=O)OC(C)C(=O)NC3(C#N)CCCCC3)c2)C1. The lowest BCUT2D eigenvalue weighted by Gasteiger charge is -2.34. The summed E-state index contributed by atoms with van der Waals surface area (Å²) in [5, 5.41) is 12.3. The van der Waals surface area contributed by atoms with Crippen LogP contribution >= 0.6 is 0 Å². The minimum Gasteiger partial charge on any atom is -0.449 e. The Kier molecular flexibility index (Phi) is 7.80. The van der Waals surface area contributed by atoms with Crippen LogP contribution in [0.5, 0.6) is 0 Å². The topological polar surface area (TPSA) is 117 Å². The molecule has 8 nitrogen and oxygen atoms in total. The molecule has 3 rings (SSSR count). The minimum absolute atomic E-state index is 0.0287. The summed E-state index contributed by atoms with van der Waals surface area (Å²) in [7, 11) is -3.75. The summed E-state index contributed by atoms with van der Waals surface area (Å²) in [5.41, 5.74) is -0.867. The third kappa shape index (κ3) is 5.92. The molecule has 3 atom stereocenters. The van der Waals surface area contributed by atoms with Crippen molar-refractivity contribution in [3.05, 3.63) is 29.8 Å². The summed E-state index contributed by atoms with van der Waals surface area (Å²) in [6.07, 6.45) is 3.75. The number of carbonyl (C=O) groups is 2. The van der Waals surface area contributed by atoms with Crippen molar-refractivity contribution in [2.75, 3.05) is 13.1 Å². The Morgan fingerprint density at radius 3 is 2.42 bits per heavy atom. The van der Waals surface area contributed by atoms with Gasteiger partial charge in [-0.05, 0) is 56.2 Å². The van der Waals surface area contributed by atoms with E-state index in [4.69, 9.17) is 4.74 Å². The molecule has 1 saturated heterocycles. The number of ether oxygens (including phenoxy) is 1. The number of nitrogens with zero attached hydrogens (tertiary/aromatic N) is 2. The quantitative estimate of drug-likeness (QED) is 0.631. The summed E-state index contributed by atoms with van der Waals surface area (Å²) in [4.78, 5) is 25.3. The van der Waals surface area contributed by atoms with Crippen molar-refractivity contribution >= 4 is 21.9 Å². The highest BCUT2D eigenvalue weighted by Gasteiger charge is 2.36. The van der Waals surface area contributed by atoms with Crippen molar-refractivity contribution in [2.24, 2.45) is 11.8 Å². The van der Waals surface area contributed by atoms with Crippen LogP contribution in [-0.4, -0.2) is 49.3 Å². The zero-order valence-corrected chi connectivity index (χ0v) is 20.4. The number of hydrogen-bond acceptors (Lipinski definition) is 6. The van der Waals surface area contributed by atoms with E-state index in [1.54, 1.807) is 0 Å². The molecule has 1 aliphatic carbocycles. The predicted molar refractivity (Wildman–Crippen MR) is 123 cm³/mol. The molecule has 1 aromatic carbocycles. The lowest BCUT2D eigenvalue weighted by atomic mass is 9.83. The number of nitrogens with one attached hydrogen (secondary N) is 1. The van der Waals surface area contributed by atoms with Crippen molar-refractivity contribution in [3.8, 4) is 6.07 Å². The van der Waals surface area contributed by atoms with Gasteiger partial charge < -0.3 is 10.1 Å². The fourth-order valence-electron chi connectivity index (χ4n) is 4.77. The molecule has 0 bridgehead atoms. The lowest BCUT2D eigenvalue weighted by molar-refractivity contribution is -0.130. The highest BCUT2D eigenvalue weighted by molar-refractivity contribution is 7.89. The Balaban J connectivity index is 1.69. The van der Waals surface area contributed by atoms with Crippen LogP contribution in [0.1, 0.15) is 69.7 Å². The zero-order chi connectivity index (χ0) is 24.2. The van der Waals surface area contributed by atoms with Gasteiger partial charge in [0, 0.05) is 13.1 Å². The van der Waals surface area contributed by atoms with Crippen LogP contribution in [0.25, 0.3) is 0 Å². The number of esters is 1. The van der Waals surface area contributed by atoms with E-state index in [2.05, 4.69) is 11.4 Å². The van der Waals surface area contributed by atoms with Gasteiger partial charge in [0.05, 0.1) is 16.5 Å². The number of amides is 1. The molecule has 1 heterocycles. The van der Waals surface area contributed by atoms with Gasteiger partial charge >= 0.3 is 5.97 Å². The molecule has 180 valence electrons. The van der Waals surface area contributed by atoms with Crippen molar-refractivity contribution < 1.29 is 22.7 Å². The van der Waals surface area contributed by atoms with Gasteiger partial charge in [-0.15, -0.1) is 0 Å². The van der Waals surface area contributed by atoms with E-state index in [1.165, 1.54) is 35.5 Å². The molecule has 1 amide bonds. The van der Waals surface area contributed by atoms with E-state index < -0.39 is 33.5 Å². The van der Waals surface area contributed by atoms with Crippen LogP contribution in [0.2, 0.25) is 0 Å². The number of rotatable bonds is 6. The Bertz CT molecular complexity index is 1020. The van der Waals surface area contributed by atoms with E-state index in [-0.39, 0.29) is 22.3 Å². The number of carbonyl (C=O) groups excluding carboxylic acids is 2. The molecule has 2 aliphatic rings. The Labute approximate surface area is 196 Å². The summed E-state index contributed by atoms with van der Waals surface area (Å²) in [5.74, 6) is -0.801. The normalized spacial score (nSPS) is 24.3. The molecule has 1 saturated carbocycles. The molecule has 0 radical (unpaired) electrons. The van der Waals surface area contributed by atoms with Crippen molar-refractivity contribution in [3.63, 3.8) is 0 Å². The summed E-state index contributed by atoms with van der Waals surface area (Å²) >= 11 is 0. The van der Waals surface area contributed by atoms with Gasteiger partial charge in [0.1, 0.15) is 5.54 Å². The Hall–Kier alpha value is -2.44. The summed E-state index contributed by atoms with van der Waals surface area (Å²) in [6.45, 7) is 6.39. The number of sulfonamides is 1. The molecule has 1 N–H and O–H groups in total. The first-order valence-electron chi connectivity index (χ1n) is 11.6. The third-order valence-electron chi connectivity index (χ3n) is 6.48. The van der Waals surface area contributed by atoms with Gasteiger partial charge in [-0.1, -0.05) is 39.2 Å².